The van der Waals surface area contributed by atoms with Crippen molar-refractivity contribution < 1.29 is 0 Å². The molecule has 1 fully saturated rings. The summed E-state index contributed by atoms with van der Waals surface area (Å²) in [6.07, 6.45) is 5.20. The van der Waals surface area contributed by atoms with Gasteiger partial charge in [-0.25, -0.2) is 0 Å². The van der Waals surface area contributed by atoms with Crippen molar-refractivity contribution in [3.05, 3.63) is 66.0 Å². The fraction of sp³-hybridized carbons (Fsp3) is 0.400. The van der Waals surface area contributed by atoms with E-state index in [0.29, 0.717) is 0 Å². The summed E-state index contributed by atoms with van der Waals surface area (Å²) in [5.74, 6) is 0.899. The zero-order chi connectivity index (χ0) is 16.7. The Morgan fingerprint density at radius 2 is 1.88 bits per heavy atom. The predicted octanol–water partition coefficient (Wildman–Crippen LogP) is 2.91. The lowest BCUT2D eigenvalue weighted by Gasteiger charge is -2.16. The van der Waals surface area contributed by atoms with E-state index in [4.69, 9.17) is 4.99 Å². The van der Waals surface area contributed by atoms with Crippen LogP contribution in [0, 0.1) is 0 Å². The zero-order valence-corrected chi connectivity index (χ0v) is 14.3. The van der Waals surface area contributed by atoms with E-state index in [1.165, 1.54) is 18.4 Å². The van der Waals surface area contributed by atoms with Crippen LogP contribution in [0.5, 0.6) is 0 Å². The normalized spacial score (nSPS) is 15.8. The molecule has 0 spiro atoms. The van der Waals surface area contributed by atoms with Gasteiger partial charge in [-0.2, -0.15) is 0 Å². The summed E-state index contributed by atoms with van der Waals surface area (Å²) in [7, 11) is 0. The monoisotopic (exact) mass is 322 g/mol. The highest BCUT2D eigenvalue weighted by atomic mass is 15.2. The van der Waals surface area contributed by atoms with E-state index >= 15 is 0 Å². The molecule has 4 heteroatoms. The summed E-state index contributed by atoms with van der Waals surface area (Å²) >= 11 is 0. The minimum atomic E-state index is 0.255. The van der Waals surface area contributed by atoms with Gasteiger partial charge in [0, 0.05) is 36.8 Å². The van der Waals surface area contributed by atoms with Crippen molar-refractivity contribution in [3.8, 4) is 0 Å². The first-order valence-electron chi connectivity index (χ1n) is 8.80. The molecule has 1 saturated carbocycles. The molecule has 0 saturated heterocycles. The van der Waals surface area contributed by atoms with Crippen LogP contribution >= 0.6 is 0 Å². The highest BCUT2D eigenvalue weighted by Crippen LogP contribution is 2.48. The van der Waals surface area contributed by atoms with E-state index < -0.39 is 0 Å². The summed E-state index contributed by atoms with van der Waals surface area (Å²) in [5, 5.41) is 6.76. The van der Waals surface area contributed by atoms with Crippen molar-refractivity contribution in [3.63, 3.8) is 0 Å². The van der Waals surface area contributed by atoms with E-state index in [-0.39, 0.29) is 5.41 Å². The predicted molar refractivity (Wildman–Crippen MR) is 99.3 cm³/mol. The Morgan fingerprint density at radius 3 is 2.54 bits per heavy atom. The molecule has 3 rings (SSSR count). The number of nitrogens with one attached hydrogen (secondary N) is 2. The first-order chi connectivity index (χ1) is 11.8. The lowest BCUT2D eigenvalue weighted by Crippen LogP contribution is -2.39. The standard InChI is InChI=1S/C20H26N4/c1-2-21-19(23-15-11-18-10-6-7-14-22-18)24-16-20(12-13-20)17-8-4-3-5-9-17/h3-10,14H,2,11-13,15-16H2,1H3,(H2,21,23,24). The molecule has 1 aliphatic rings. The molecular weight excluding hydrogens is 296 g/mol. The van der Waals surface area contributed by atoms with Gasteiger partial charge >= 0.3 is 0 Å². The largest absolute Gasteiger partial charge is 0.357 e. The van der Waals surface area contributed by atoms with Gasteiger partial charge in [-0.05, 0) is 37.5 Å². The highest BCUT2D eigenvalue weighted by Gasteiger charge is 2.43. The number of aromatic nitrogens is 1. The van der Waals surface area contributed by atoms with Gasteiger partial charge in [0.15, 0.2) is 5.96 Å². The number of rotatable bonds is 7. The maximum Gasteiger partial charge on any atom is 0.191 e. The molecular formula is C20H26N4. The van der Waals surface area contributed by atoms with Crippen molar-refractivity contribution in [1.82, 2.24) is 15.6 Å². The van der Waals surface area contributed by atoms with E-state index in [2.05, 4.69) is 58.9 Å². The number of pyridine rings is 1. The average molecular weight is 322 g/mol. The fourth-order valence-corrected chi connectivity index (χ4v) is 2.91. The van der Waals surface area contributed by atoms with Crippen molar-refractivity contribution in [1.29, 1.82) is 0 Å². The minimum absolute atomic E-state index is 0.255. The fourth-order valence-electron chi connectivity index (χ4n) is 2.91. The first-order valence-corrected chi connectivity index (χ1v) is 8.80. The highest BCUT2D eigenvalue weighted by molar-refractivity contribution is 5.79. The minimum Gasteiger partial charge on any atom is -0.357 e. The summed E-state index contributed by atoms with van der Waals surface area (Å²) in [6.45, 7) is 4.64. The van der Waals surface area contributed by atoms with Crippen LogP contribution in [0.3, 0.4) is 0 Å². The van der Waals surface area contributed by atoms with Crippen LogP contribution in [0.15, 0.2) is 59.7 Å². The molecule has 2 N–H and O–H groups in total. The molecule has 1 aliphatic carbocycles. The Labute approximate surface area is 144 Å². The van der Waals surface area contributed by atoms with Crippen molar-refractivity contribution in [2.24, 2.45) is 4.99 Å². The van der Waals surface area contributed by atoms with Gasteiger partial charge in [0.25, 0.3) is 0 Å². The smallest absolute Gasteiger partial charge is 0.191 e. The van der Waals surface area contributed by atoms with Crippen LogP contribution in [0.25, 0.3) is 0 Å². The molecule has 0 bridgehead atoms. The third kappa shape index (κ3) is 4.34. The second-order valence-electron chi connectivity index (χ2n) is 6.34. The maximum atomic E-state index is 4.83. The average Bonchev–Trinajstić information content (AvgIpc) is 3.43. The van der Waals surface area contributed by atoms with Crippen LogP contribution in [0.2, 0.25) is 0 Å². The molecule has 0 aliphatic heterocycles. The van der Waals surface area contributed by atoms with Crippen molar-refractivity contribution in [2.45, 2.75) is 31.6 Å². The van der Waals surface area contributed by atoms with Gasteiger partial charge < -0.3 is 10.6 Å². The summed E-state index contributed by atoms with van der Waals surface area (Å²) in [5.41, 5.74) is 2.77. The van der Waals surface area contributed by atoms with E-state index in [9.17, 15) is 0 Å². The summed E-state index contributed by atoms with van der Waals surface area (Å²) in [6, 6.07) is 16.8. The SMILES string of the molecule is CCNC(=NCC1(c2ccccc2)CC1)NCCc1ccccn1. The van der Waals surface area contributed by atoms with Crippen molar-refractivity contribution >= 4 is 5.96 Å². The third-order valence-electron chi connectivity index (χ3n) is 4.52. The van der Waals surface area contributed by atoms with Gasteiger partial charge in [-0.15, -0.1) is 0 Å². The lowest BCUT2D eigenvalue weighted by molar-refractivity contribution is 0.691. The molecule has 0 unspecified atom stereocenters. The maximum absolute atomic E-state index is 4.83. The van der Waals surface area contributed by atoms with Crippen LogP contribution in [0.4, 0.5) is 0 Å². The molecule has 0 radical (unpaired) electrons. The van der Waals surface area contributed by atoms with E-state index in [0.717, 1.165) is 37.7 Å². The van der Waals surface area contributed by atoms with Crippen LogP contribution in [-0.2, 0) is 11.8 Å². The number of aliphatic imine (C=N–C) groups is 1. The molecule has 0 amide bonds. The molecule has 126 valence electrons. The van der Waals surface area contributed by atoms with Gasteiger partial charge in [0.1, 0.15) is 0 Å². The third-order valence-corrected chi connectivity index (χ3v) is 4.52. The number of nitrogens with zero attached hydrogens (tertiary/aromatic N) is 2. The second kappa shape index (κ2) is 7.95. The summed E-state index contributed by atoms with van der Waals surface area (Å²) < 4.78 is 0. The van der Waals surface area contributed by atoms with Crippen LogP contribution < -0.4 is 10.6 Å². The van der Waals surface area contributed by atoms with Crippen molar-refractivity contribution in [2.75, 3.05) is 19.6 Å². The molecule has 0 atom stereocenters. The zero-order valence-electron chi connectivity index (χ0n) is 14.3. The quantitative estimate of drug-likeness (QED) is 0.609. The number of guanidine groups is 1. The lowest BCUT2D eigenvalue weighted by atomic mass is 9.96. The number of hydrogen-bond donors (Lipinski definition) is 2. The van der Waals surface area contributed by atoms with Gasteiger partial charge in [0.05, 0.1) is 6.54 Å². The van der Waals surface area contributed by atoms with Gasteiger partial charge in [-0.3, -0.25) is 9.98 Å². The Hall–Kier alpha value is -2.36. The summed E-state index contributed by atoms with van der Waals surface area (Å²) in [4.78, 5) is 9.19. The molecule has 1 aromatic carbocycles. The molecule has 4 nitrogen and oxygen atoms in total. The number of hydrogen-bond acceptors (Lipinski definition) is 2. The van der Waals surface area contributed by atoms with Crippen LogP contribution in [0.1, 0.15) is 31.0 Å². The molecule has 2 aromatic rings. The molecule has 24 heavy (non-hydrogen) atoms. The Bertz CT molecular complexity index is 648. The first kappa shape index (κ1) is 16.5. The topological polar surface area (TPSA) is 49.3 Å². The van der Waals surface area contributed by atoms with Gasteiger partial charge in [0.2, 0.25) is 0 Å². The molecule has 1 aromatic heterocycles. The second-order valence-corrected chi connectivity index (χ2v) is 6.34. The Kier molecular flexibility index (Phi) is 5.47. The number of benzene rings is 1. The van der Waals surface area contributed by atoms with Gasteiger partial charge in [-0.1, -0.05) is 36.4 Å². The van der Waals surface area contributed by atoms with E-state index in [1.54, 1.807) is 0 Å². The Morgan fingerprint density at radius 1 is 1.08 bits per heavy atom. The molecule has 1 heterocycles. The Balaban J connectivity index is 1.56. The van der Waals surface area contributed by atoms with Crippen LogP contribution in [-0.4, -0.2) is 30.6 Å². The van der Waals surface area contributed by atoms with E-state index in [1.807, 2.05) is 18.3 Å².